The van der Waals surface area contributed by atoms with Gasteiger partial charge in [0.2, 0.25) is 0 Å². The quantitative estimate of drug-likeness (QED) is 0.660. The van der Waals surface area contributed by atoms with Gasteiger partial charge in [0.25, 0.3) is 0 Å². The summed E-state index contributed by atoms with van der Waals surface area (Å²) < 4.78 is 22.2. The molecule has 0 spiro atoms. The van der Waals surface area contributed by atoms with E-state index in [1.807, 2.05) is 44.2 Å². The first-order valence-corrected chi connectivity index (χ1v) is 11.1. The maximum absolute atomic E-state index is 14.9. The third-order valence-corrected chi connectivity index (χ3v) is 6.00. The predicted molar refractivity (Wildman–Crippen MR) is 120 cm³/mol. The molecule has 1 aromatic heterocycles. The third-order valence-electron chi connectivity index (χ3n) is 6.00. The Morgan fingerprint density at radius 2 is 1.55 bits per heavy atom. The van der Waals surface area contributed by atoms with E-state index in [0.717, 1.165) is 37.6 Å². The molecule has 1 fully saturated rings. The van der Waals surface area contributed by atoms with Gasteiger partial charge in [0.05, 0.1) is 18.3 Å². The SMILES string of the molecule is CC(C)Oc1ccccc1N1CCN(CC(F)Cn2c(O)c3c(c2O)CC=CC3)CC1. The van der Waals surface area contributed by atoms with Crippen molar-refractivity contribution in [2.45, 2.75) is 45.5 Å². The van der Waals surface area contributed by atoms with Crippen LogP contribution in [0.5, 0.6) is 17.5 Å². The maximum atomic E-state index is 14.9. The number of para-hydroxylation sites is 2. The Labute approximate surface area is 183 Å². The lowest BCUT2D eigenvalue weighted by Gasteiger charge is -2.37. The minimum atomic E-state index is -1.18. The number of nitrogens with zero attached hydrogens (tertiary/aromatic N) is 3. The molecule has 0 amide bonds. The van der Waals surface area contributed by atoms with E-state index >= 15 is 0 Å². The number of alkyl halides is 1. The molecule has 1 aliphatic heterocycles. The Morgan fingerprint density at radius 1 is 0.935 bits per heavy atom. The lowest BCUT2D eigenvalue weighted by molar-refractivity contribution is 0.163. The van der Waals surface area contributed by atoms with Crippen LogP contribution in [0.2, 0.25) is 0 Å². The number of rotatable bonds is 7. The van der Waals surface area contributed by atoms with E-state index in [-0.39, 0.29) is 31.0 Å². The van der Waals surface area contributed by atoms with E-state index in [9.17, 15) is 14.6 Å². The van der Waals surface area contributed by atoms with Crippen molar-refractivity contribution in [3.63, 3.8) is 0 Å². The van der Waals surface area contributed by atoms with Crippen molar-refractivity contribution < 1.29 is 19.3 Å². The van der Waals surface area contributed by atoms with Crippen molar-refractivity contribution in [1.29, 1.82) is 0 Å². The predicted octanol–water partition coefficient (Wildman–Crippen LogP) is 3.50. The maximum Gasteiger partial charge on any atom is 0.197 e. The van der Waals surface area contributed by atoms with Crippen molar-refractivity contribution in [1.82, 2.24) is 9.47 Å². The first-order valence-electron chi connectivity index (χ1n) is 11.1. The Balaban J connectivity index is 1.33. The van der Waals surface area contributed by atoms with E-state index in [4.69, 9.17) is 4.74 Å². The zero-order valence-corrected chi connectivity index (χ0v) is 18.3. The van der Waals surface area contributed by atoms with Gasteiger partial charge in [0.1, 0.15) is 11.9 Å². The molecule has 1 unspecified atom stereocenters. The van der Waals surface area contributed by atoms with E-state index in [2.05, 4.69) is 15.9 Å². The van der Waals surface area contributed by atoms with Gasteiger partial charge in [-0.15, -0.1) is 0 Å². The molecule has 1 saturated heterocycles. The van der Waals surface area contributed by atoms with Crippen molar-refractivity contribution in [2.75, 3.05) is 37.6 Å². The van der Waals surface area contributed by atoms with E-state index in [1.165, 1.54) is 4.57 Å². The fourth-order valence-corrected chi connectivity index (χ4v) is 4.48. The number of hydrogen-bond acceptors (Lipinski definition) is 5. The number of aromatic hydroxyl groups is 2. The molecule has 6 nitrogen and oxygen atoms in total. The first kappa shape index (κ1) is 21.6. The molecule has 168 valence electrons. The summed E-state index contributed by atoms with van der Waals surface area (Å²) in [4.78, 5) is 4.39. The highest BCUT2D eigenvalue weighted by Gasteiger charge is 2.26. The number of benzene rings is 1. The molecule has 1 atom stereocenters. The van der Waals surface area contributed by atoms with Gasteiger partial charge >= 0.3 is 0 Å². The second-order valence-electron chi connectivity index (χ2n) is 8.61. The van der Waals surface area contributed by atoms with Crippen LogP contribution in [-0.2, 0) is 19.4 Å². The Kier molecular flexibility index (Phi) is 6.41. The largest absolute Gasteiger partial charge is 0.494 e. The minimum absolute atomic E-state index is 0.00826. The van der Waals surface area contributed by atoms with Crippen LogP contribution < -0.4 is 9.64 Å². The normalized spacial score (nSPS) is 17.7. The molecule has 7 heteroatoms. The number of aromatic nitrogens is 1. The van der Waals surface area contributed by atoms with Gasteiger partial charge < -0.3 is 19.8 Å². The van der Waals surface area contributed by atoms with Crippen LogP contribution >= 0.6 is 0 Å². The van der Waals surface area contributed by atoms with Crippen molar-refractivity contribution >= 4 is 5.69 Å². The lowest BCUT2D eigenvalue weighted by Crippen LogP contribution is -2.48. The summed E-state index contributed by atoms with van der Waals surface area (Å²) in [5, 5.41) is 20.9. The molecule has 4 rings (SSSR count). The highest BCUT2D eigenvalue weighted by molar-refractivity contribution is 5.58. The highest BCUT2D eigenvalue weighted by Crippen LogP contribution is 2.37. The molecule has 1 aromatic carbocycles. The molecule has 0 bridgehead atoms. The molecule has 31 heavy (non-hydrogen) atoms. The van der Waals surface area contributed by atoms with Crippen LogP contribution in [0.4, 0.5) is 10.1 Å². The molecule has 0 saturated carbocycles. The van der Waals surface area contributed by atoms with Gasteiger partial charge in [-0.25, -0.2) is 4.39 Å². The van der Waals surface area contributed by atoms with Crippen LogP contribution in [-0.4, -0.2) is 64.7 Å². The highest BCUT2D eigenvalue weighted by atomic mass is 19.1. The molecule has 2 aromatic rings. The molecule has 0 radical (unpaired) electrons. The van der Waals surface area contributed by atoms with Gasteiger partial charge in [0, 0.05) is 43.9 Å². The van der Waals surface area contributed by atoms with Crippen LogP contribution in [0.15, 0.2) is 36.4 Å². The summed E-state index contributed by atoms with van der Waals surface area (Å²) in [6, 6.07) is 8.05. The summed E-state index contributed by atoms with van der Waals surface area (Å²) in [6.45, 7) is 7.36. The van der Waals surface area contributed by atoms with Gasteiger partial charge in [-0.1, -0.05) is 24.3 Å². The second kappa shape index (κ2) is 9.22. The first-order chi connectivity index (χ1) is 14.9. The summed E-state index contributed by atoms with van der Waals surface area (Å²) in [5.41, 5.74) is 2.50. The standard InChI is InChI=1S/C24H32FN3O3/c1-17(2)31-22-10-6-5-9-21(22)27-13-11-26(12-14-27)15-18(25)16-28-23(29)19-7-3-4-8-20(19)24(28)30/h3-6,9-10,17-18,29-30H,7-8,11-16H2,1-2H3. The summed E-state index contributed by atoms with van der Waals surface area (Å²) in [5.74, 6) is 0.864. The summed E-state index contributed by atoms with van der Waals surface area (Å²) >= 11 is 0. The molecule has 1 aliphatic carbocycles. The lowest BCUT2D eigenvalue weighted by atomic mass is 10.0. The summed E-state index contributed by atoms with van der Waals surface area (Å²) in [6.07, 6.45) is 4.00. The molecule has 2 heterocycles. The number of anilines is 1. The Bertz CT molecular complexity index is 901. The average Bonchev–Trinajstić information content (AvgIpc) is 2.99. The number of hydrogen-bond donors (Lipinski definition) is 2. The fraction of sp³-hybridized carbons (Fsp3) is 0.500. The third kappa shape index (κ3) is 4.66. The zero-order valence-electron chi connectivity index (χ0n) is 18.3. The Hall–Kier alpha value is -2.67. The zero-order chi connectivity index (χ0) is 22.0. The van der Waals surface area contributed by atoms with E-state index in [1.54, 1.807) is 0 Å². The van der Waals surface area contributed by atoms with Crippen LogP contribution in [0.3, 0.4) is 0 Å². The molecule has 2 N–H and O–H groups in total. The second-order valence-corrected chi connectivity index (χ2v) is 8.61. The van der Waals surface area contributed by atoms with Crippen LogP contribution in [0.25, 0.3) is 0 Å². The van der Waals surface area contributed by atoms with E-state index < -0.39 is 6.17 Å². The number of ether oxygens (including phenoxy) is 1. The van der Waals surface area contributed by atoms with Gasteiger partial charge in [-0.2, -0.15) is 0 Å². The van der Waals surface area contributed by atoms with Crippen molar-refractivity contribution in [3.05, 3.63) is 47.5 Å². The molecular weight excluding hydrogens is 397 g/mol. The molecule has 2 aliphatic rings. The number of piperazine rings is 1. The smallest absolute Gasteiger partial charge is 0.197 e. The summed E-state index contributed by atoms with van der Waals surface area (Å²) in [7, 11) is 0. The number of fused-ring (bicyclic) bond motifs is 1. The minimum Gasteiger partial charge on any atom is -0.494 e. The van der Waals surface area contributed by atoms with Gasteiger partial charge in [-0.05, 0) is 38.8 Å². The van der Waals surface area contributed by atoms with Crippen molar-refractivity contribution in [3.8, 4) is 17.5 Å². The topological polar surface area (TPSA) is 61.1 Å². The van der Waals surface area contributed by atoms with Gasteiger partial charge in [0.15, 0.2) is 11.8 Å². The van der Waals surface area contributed by atoms with E-state index in [0.29, 0.717) is 24.0 Å². The Morgan fingerprint density at radius 3 is 2.16 bits per heavy atom. The van der Waals surface area contributed by atoms with Crippen LogP contribution in [0, 0.1) is 0 Å². The number of allylic oxidation sites excluding steroid dienone is 2. The fourth-order valence-electron chi connectivity index (χ4n) is 4.48. The number of halogens is 1. The van der Waals surface area contributed by atoms with Crippen LogP contribution in [0.1, 0.15) is 25.0 Å². The molecular formula is C24H32FN3O3. The average molecular weight is 430 g/mol. The monoisotopic (exact) mass is 429 g/mol. The van der Waals surface area contributed by atoms with Gasteiger partial charge in [-0.3, -0.25) is 9.47 Å². The van der Waals surface area contributed by atoms with Crippen molar-refractivity contribution in [2.24, 2.45) is 0 Å².